The van der Waals surface area contributed by atoms with Gasteiger partial charge in [-0.1, -0.05) is 110 Å². The Labute approximate surface area is 251 Å². The molecule has 0 rings (SSSR count). The maximum atomic E-state index is 12.5. The molecule has 0 aromatic carbocycles. The monoisotopic (exact) mass is 585 g/mol. The Morgan fingerprint density at radius 3 is 1.51 bits per heavy atom. The summed E-state index contributed by atoms with van der Waals surface area (Å²) in [6.45, 7) is 4.59. The van der Waals surface area contributed by atoms with Crippen molar-refractivity contribution in [3.05, 3.63) is 0 Å². The molecule has 242 valence electrons. The molecule has 2 unspecified atom stereocenters. The summed E-state index contributed by atoms with van der Waals surface area (Å²) in [6, 6.07) is -0.716. The fourth-order valence-corrected chi connectivity index (χ4v) is 4.83. The van der Waals surface area contributed by atoms with E-state index in [-0.39, 0.29) is 42.7 Å². The van der Waals surface area contributed by atoms with Crippen LogP contribution >= 0.6 is 0 Å². The molecule has 0 aromatic heterocycles. The number of carbonyl (C=O) groups is 3. The van der Waals surface area contributed by atoms with Crippen molar-refractivity contribution in [2.24, 2.45) is 0 Å². The van der Waals surface area contributed by atoms with Crippen molar-refractivity contribution in [3.8, 4) is 0 Å². The average Bonchev–Trinajstić information content (AvgIpc) is 2.91. The molecule has 8 heteroatoms. The van der Waals surface area contributed by atoms with E-state index in [0.29, 0.717) is 12.8 Å². The summed E-state index contributed by atoms with van der Waals surface area (Å²) in [6.07, 6.45) is 19.9. The largest absolute Gasteiger partial charge is 0.544 e. The number of carboxylic acids is 1. The number of carbonyl (C=O) groups excluding carboxylic acids is 3. The summed E-state index contributed by atoms with van der Waals surface area (Å²) < 4.78 is 16.9. The molecule has 0 aliphatic rings. The lowest BCUT2D eigenvalue weighted by atomic mass is 10.1. The standard InChI is InChI=1S/C33H63NO7/c1-6-8-10-12-14-15-16-18-20-22-24-32(36)41-29(27-39-26-25-30(33(37)38)34(3,4)5)28-40-31(35)23-21-19-17-13-11-9-7-2/h29-30H,6-28H2,1-5H3. The molecule has 8 nitrogen and oxygen atoms in total. The Balaban J connectivity index is 4.48. The van der Waals surface area contributed by atoms with Crippen LogP contribution in [0.2, 0.25) is 0 Å². The van der Waals surface area contributed by atoms with Crippen molar-refractivity contribution in [2.45, 2.75) is 154 Å². The number of nitrogens with zero attached hydrogens (tertiary/aromatic N) is 1. The molecule has 0 spiro atoms. The number of hydrogen-bond donors (Lipinski definition) is 0. The van der Waals surface area contributed by atoms with Crippen molar-refractivity contribution in [1.82, 2.24) is 0 Å². The molecule has 0 saturated carbocycles. The van der Waals surface area contributed by atoms with Gasteiger partial charge in [-0.3, -0.25) is 9.59 Å². The van der Waals surface area contributed by atoms with Crippen LogP contribution in [-0.4, -0.2) is 75.5 Å². The maximum absolute atomic E-state index is 12.5. The van der Waals surface area contributed by atoms with Gasteiger partial charge in [0.05, 0.1) is 40.3 Å². The zero-order valence-electron chi connectivity index (χ0n) is 27.2. The number of carboxylic acid groups (broad SMARTS) is 1. The summed E-state index contributed by atoms with van der Waals surface area (Å²) in [5, 5.41) is 11.5. The van der Waals surface area contributed by atoms with Crippen LogP contribution in [-0.2, 0) is 28.6 Å². The minimum absolute atomic E-state index is 0.0470. The molecule has 0 bridgehead atoms. The van der Waals surface area contributed by atoms with E-state index in [1.54, 1.807) is 21.1 Å². The first-order valence-electron chi connectivity index (χ1n) is 16.6. The fourth-order valence-electron chi connectivity index (χ4n) is 4.83. The molecular weight excluding hydrogens is 522 g/mol. The van der Waals surface area contributed by atoms with Crippen LogP contribution in [0.4, 0.5) is 0 Å². The smallest absolute Gasteiger partial charge is 0.306 e. The topological polar surface area (TPSA) is 102 Å². The number of ether oxygens (including phenoxy) is 3. The van der Waals surface area contributed by atoms with Gasteiger partial charge >= 0.3 is 11.9 Å². The predicted octanol–water partition coefficient (Wildman–Crippen LogP) is 6.12. The quantitative estimate of drug-likeness (QED) is 0.0592. The van der Waals surface area contributed by atoms with E-state index in [4.69, 9.17) is 14.2 Å². The Morgan fingerprint density at radius 1 is 0.634 bits per heavy atom. The number of rotatable bonds is 29. The van der Waals surface area contributed by atoms with E-state index < -0.39 is 18.1 Å². The first-order valence-corrected chi connectivity index (χ1v) is 16.6. The molecule has 0 aliphatic heterocycles. The van der Waals surface area contributed by atoms with Gasteiger partial charge in [0.25, 0.3) is 0 Å². The fraction of sp³-hybridized carbons (Fsp3) is 0.909. The van der Waals surface area contributed by atoms with Crippen molar-refractivity contribution in [3.63, 3.8) is 0 Å². The molecule has 2 atom stereocenters. The molecule has 0 N–H and O–H groups in total. The first kappa shape index (κ1) is 39.3. The van der Waals surface area contributed by atoms with Crippen molar-refractivity contribution >= 4 is 17.9 Å². The zero-order valence-corrected chi connectivity index (χ0v) is 27.2. The normalized spacial score (nSPS) is 13.1. The highest BCUT2D eigenvalue weighted by molar-refractivity contribution is 5.70. The second-order valence-electron chi connectivity index (χ2n) is 12.4. The number of hydrogen-bond acceptors (Lipinski definition) is 7. The summed E-state index contributed by atoms with van der Waals surface area (Å²) in [5.41, 5.74) is 0. The lowest BCUT2D eigenvalue weighted by molar-refractivity contribution is -0.889. The van der Waals surface area contributed by atoms with E-state index in [1.807, 2.05) is 0 Å². The second kappa shape index (κ2) is 26.0. The van der Waals surface area contributed by atoms with Gasteiger partial charge in [-0.25, -0.2) is 0 Å². The Bertz CT molecular complexity index is 662. The van der Waals surface area contributed by atoms with E-state index in [2.05, 4.69) is 13.8 Å². The Hall–Kier alpha value is -1.67. The third-order valence-electron chi connectivity index (χ3n) is 7.49. The van der Waals surface area contributed by atoms with Crippen LogP contribution in [0.5, 0.6) is 0 Å². The molecule has 41 heavy (non-hydrogen) atoms. The summed E-state index contributed by atoms with van der Waals surface area (Å²) >= 11 is 0. The van der Waals surface area contributed by atoms with Gasteiger partial charge in [-0.2, -0.15) is 0 Å². The van der Waals surface area contributed by atoms with E-state index in [0.717, 1.165) is 38.5 Å². The molecule has 0 aliphatic carbocycles. The van der Waals surface area contributed by atoms with Gasteiger partial charge in [0.1, 0.15) is 12.6 Å². The maximum Gasteiger partial charge on any atom is 0.306 e. The van der Waals surface area contributed by atoms with Gasteiger partial charge in [0.15, 0.2) is 6.10 Å². The minimum Gasteiger partial charge on any atom is -0.544 e. The average molecular weight is 586 g/mol. The van der Waals surface area contributed by atoms with E-state index >= 15 is 0 Å². The Morgan fingerprint density at radius 2 is 1.07 bits per heavy atom. The van der Waals surface area contributed by atoms with Crippen LogP contribution in [0.15, 0.2) is 0 Å². The number of quaternary nitrogens is 1. The highest BCUT2D eigenvalue weighted by Crippen LogP contribution is 2.13. The van der Waals surface area contributed by atoms with Gasteiger partial charge in [-0.15, -0.1) is 0 Å². The summed E-state index contributed by atoms with van der Waals surface area (Å²) in [5.74, 6) is -1.74. The van der Waals surface area contributed by atoms with E-state index in [1.165, 1.54) is 70.6 Å². The third kappa shape index (κ3) is 24.6. The Kier molecular flexibility index (Phi) is 24.9. The highest BCUT2D eigenvalue weighted by Gasteiger charge is 2.25. The molecular formula is C33H63NO7. The number of esters is 2. The van der Waals surface area contributed by atoms with Crippen molar-refractivity contribution in [1.29, 1.82) is 0 Å². The molecule has 0 aromatic rings. The molecule has 0 saturated heterocycles. The predicted molar refractivity (Wildman–Crippen MR) is 162 cm³/mol. The number of unbranched alkanes of at least 4 members (excludes halogenated alkanes) is 15. The lowest BCUT2D eigenvalue weighted by Crippen LogP contribution is -2.55. The highest BCUT2D eigenvalue weighted by atomic mass is 16.6. The number of likely N-dealkylation sites (N-methyl/N-ethyl adjacent to an activating group) is 1. The van der Waals surface area contributed by atoms with Crippen molar-refractivity contribution in [2.75, 3.05) is 41.0 Å². The van der Waals surface area contributed by atoms with Crippen molar-refractivity contribution < 1.29 is 38.2 Å². The molecule has 0 heterocycles. The van der Waals surface area contributed by atoms with Crippen LogP contribution in [0, 0.1) is 0 Å². The summed E-state index contributed by atoms with van der Waals surface area (Å²) in [4.78, 5) is 36.3. The molecule has 0 amide bonds. The van der Waals surface area contributed by atoms with Crippen LogP contribution in [0.3, 0.4) is 0 Å². The second-order valence-corrected chi connectivity index (χ2v) is 12.4. The SMILES string of the molecule is CCCCCCCCCCCCC(=O)OC(COCCC(C(=O)[O-])[N+](C)(C)C)COC(=O)CCCCCCCCC. The summed E-state index contributed by atoms with van der Waals surface area (Å²) in [7, 11) is 5.38. The van der Waals surface area contributed by atoms with Gasteiger partial charge in [0, 0.05) is 19.3 Å². The first-order chi connectivity index (χ1) is 19.6. The third-order valence-corrected chi connectivity index (χ3v) is 7.49. The minimum atomic E-state index is -1.13. The van der Waals surface area contributed by atoms with Crippen LogP contribution in [0.25, 0.3) is 0 Å². The van der Waals surface area contributed by atoms with Gasteiger partial charge in [0.2, 0.25) is 0 Å². The number of aliphatic carboxylic acids is 1. The van der Waals surface area contributed by atoms with Crippen LogP contribution < -0.4 is 5.11 Å². The zero-order chi connectivity index (χ0) is 30.8. The molecule has 0 fully saturated rings. The van der Waals surface area contributed by atoms with Gasteiger partial charge in [-0.05, 0) is 12.8 Å². The molecule has 0 radical (unpaired) electrons. The lowest BCUT2D eigenvalue weighted by Gasteiger charge is -2.34. The van der Waals surface area contributed by atoms with Gasteiger partial charge < -0.3 is 28.6 Å². The van der Waals surface area contributed by atoms with E-state index in [9.17, 15) is 19.5 Å². The van der Waals surface area contributed by atoms with Crippen LogP contribution in [0.1, 0.15) is 142 Å².